The second-order valence-corrected chi connectivity index (χ2v) is 6.23. The second kappa shape index (κ2) is 12.6. The van der Waals surface area contributed by atoms with Gasteiger partial charge >= 0.3 is 0 Å². The van der Waals surface area contributed by atoms with Crippen molar-refractivity contribution >= 4 is 18.9 Å². The molecule has 0 N–H and O–H groups in total. The van der Waals surface area contributed by atoms with E-state index in [2.05, 4.69) is 58.6 Å². The van der Waals surface area contributed by atoms with Crippen molar-refractivity contribution in [1.82, 2.24) is 14.8 Å². The lowest BCUT2D eigenvalue weighted by molar-refractivity contribution is 0.250. The van der Waals surface area contributed by atoms with Crippen molar-refractivity contribution in [3.63, 3.8) is 0 Å². The van der Waals surface area contributed by atoms with Gasteiger partial charge in [-0.05, 0) is 64.1 Å². The van der Waals surface area contributed by atoms with E-state index in [1.54, 1.807) is 18.4 Å². The maximum absolute atomic E-state index is 4.46. The van der Waals surface area contributed by atoms with Crippen molar-refractivity contribution in [2.24, 2.45) is 10.1 Å². The molecule has 6 heteroatoms. The van der Waals surface area contributed by atoms with Crippen LogP contribution in [-0.2, 0) is 6.42 Å². The smallest absolute Gasteiger partial charge is 0.155 e. The monoisotopic (exact) mass is 346 g/mol. The van der Waals surface area contributed by atoms with Gasteiger partial charge in [-0.2, -0.15) is 5.10 Å². The number of hydrogen-bond acceptors (Lipinski definition) is 5. The zero-order valence-corrected chi connectivity index (χ0v) is 16.4. The maximum atomic E-state index is 4.46. The van der Waals surface area contributed by atoms with Gasteiger partial charge in [0.1, 0.15) is 6.34 Å². The third-order valence-electron chi connectivity index (χ3n) is 4.23. The molecular formula is C19H34N6. The van der Waals surface area contributed by atoms with Gasteiger partial charge in [0.15, 0.2) is 5.82 Å². The van der Waals surface area contributed by atoms with Crippen molar-refractivity contribution in [1.29, 1.82) is 0 Å². The number of hydrogen-bond donors (Lipinski definition) is 0. The molecule has 140 valence electrons. The van der Waals surface area contributed by atoms with Gasteiger partial charge in [0.05, 0.1) is 0 Å². The molecule has 0 radical (unpaired) electrons. The van der Waals surface area contributed by atoms with Gasteiger partial charge < -0.3 is 9.80 Å². The Morgan fingerprint density at radius 2 is 1.96 bits per heavy atom. The van der Waals surface area contributed by atoms with Crippen molar-refractivity contribution in [3.05, 3.63) is 23.9 Å². The first-order chi connectivity index (χ1) is 12.1. The summed E-state index contributed by atoms with van der Waals surface area (Å²) < 4.78 is 0. The molecule has 1 aromatic rings. The zero-order valence-electron chi connectivity index (χ0n) is 16.4. The first-order valence-corrected chi connectivity index (χ1v) is 9.18. The summed E-state index contributed by atoms with van der Waals surface area (Å²) in [5, 5.41) is 5.46. The van der Waals surface area contributed by atoms with E-state index in [0.29, 0.717) is 0 Å². The van der Waals surface area contributed by atoms with Crippen LogP contribution in [0.2, 0.25) is 0 Å². The van der Waals surface area contributed by atoms with E-state index in [1.807, 2.05) is 12.3 Å². The summed E-state index contributed by atoms with van der Waals surface area (Å²) in [6.45, 7) is 13.7. The van der Waals surface area contributed by atoms with Crippen LogP contribution >= 0.6 is 0 Å². The highest BCUT2D eigenvalue weighted by Crippen LogP contribution is 2.11. The van der Waals surface area contributed by atoms with E-state index in [1.165, 1.54) is 18.4 Å². The van der Waals surface area contributed by atoms with E-state index in [9.17, 15) is 0 Å². The summed E-state index contributed by atoms with van der Waals surface area (Å²) in [6, 6.07) is 4.07. The minimum absolute atomic E-state index is 0.734. The minimum atomic E-state index is 0.734. The average Bonchev–Trinajstić information content (AvgIpc) is 2.64. The molecule has 25 heavy (non-hydrogen) atoms. The number of aliphatic imine (C=N–C) groups is 1. The largest absolute Gasteiger partial charge is 0.307 e. The van der Waals surface area contributed by atoms with Crippen molar-refractivity contribution in [2.75, 3.05) is 51.8 Å². The highest BCUT2D eigenvalue weighted by molar-refractivity contribution is 5.77. The first kappa shape index (κ1) is 21.3. The molecule has 0 aliphatic rings. The summed E-state index contributed by atoms with van der Waals surface area (Å²) in [5.74, 6) is 0.734. The molecule has 0 bridgehead atoms. The van der Waals surface area contributed by atoms with E-state index in [4.69, 9.17) is 0 Å². The molecule has 0 fully saturated rings. The summed E-state index contributed by atoms with van der Waals surface area (Å²) in [6.07, 6.45) is 6.95. The number of nitrogens with zero attached hydrogens (tertiary/aromatic N) is 6. The zero-order chi connectivity index (χ0) is 18.5. The van der Waals surface area contributed by atoms with Crippen LogP contribution in [0.5, 0.6) is 0 Å². The Kier molecular flexibility index (Phi) is 10.7. The lowest BCUT2D eigenvalue weighted by Crippen LogP contribution is -2.30. The molecule has 0 amide bonds. The van der Waals surface area contributed by atoms with E-state index >= 15 is 0 Å². The Morgan fingerprint density at radius 3 is 2.52 bits per heavy atom. The first-order valence-electron chi connectivity index (χ1n) is 9.18. The Hall–Kier alpha value is -1.79. The van der Waals surface area contributed by atoms with Crippen molar-refractivity contribution < 1.29 is 0 Å². The maximum Gasteiger partial charge on any atom is 0.155 e. The van der Waals surface area contributed by atoms with Crippen molar-refractivity contribution in [3.8, 4) is 0 Å². The molecule has 6 nitrogen and oxygen atoms in total. The minimum Gasteiger partial charge on any atom is -0.307 e. The Labute approximate surface area is 153 Å². The molecule has 0 aliphatic heterocycles. The van der Waals surface area contributed by atoms with E-state index in [-0.39, 0.29) is 0 Å². The predicted octanol–water partition coefficient (Wildman–Crippen LogP) is 2.76. The Balaban J connectivity index is 2.51. The molecule has 1 heterocycles. The topological polar surface area (TPSA) is 47.3 Å². The number of anilines is 1. The quantitative estimate of drug-likeness (QED) is 0.313. The van der Waals surface area contributed by atoms with Crippen LogP contribution in [0.1, 0.15) is 32.3 Å². The molecule has 0 aromatic carbocycles. The fourth-order valence-electron chi connectivity index (χ4n) is 2.64. The third kappa shape index (κ3) is 8.23. The SMILES string of the molecule is C=NN(C=NC)c1ccc(CCN(CCC)CCCN(C)CC)cn1. The fraction of sp³-hybridized carbons (Fsp3) is 0.632. The molecular weight excluding hydrogens is 312 g/mol. The summed E-state index contributed by atoms with van der Waals surface area (Å²) in [7, 11) is 3.88. The lowest BCUT2D eigenvalue weighted by Gasteiger charge is -2.23. The number of aromatic nitrogens is 1. The standard InChI is InChI=1S/C19H34N6/c1-6-12-24(14-8-13-23(5)7-2)15-11-18-9-10-19(22-16-18)25(21-4)17-20-3/h9-10,16-17H,4,6-8,11-15H2,1-3,5H3. The predicted molar refractivity (Wildman–Crippen MR) is 109 cm³/mol. The summed E-state index contributed by atoms with van der Waals surface area (Å²) in [4.78, 5) is 13.3. The van der Waals surface area contributed by atoms with Gasteiger partial charge in [0.25, 0.3) is 0 Å². The second-order valence-electron chi connectivity index (χ2n) is 6.23. The van der Waals surface area contributed by atoms with Crippen LogP contribution < -0.4 is 5.01 Å². The molecule has 0 saturated carbocycles. The van der Waals surface area contributed by atoms with Gasteiger partial charge in [-0.3, -0.25) is 4.99 Å². The molecule has 0 unspecified atom stereocenters. The van der Waals surface area contributed by atoms with E-state index in [0.717, 1.165) is 45.0 Å². The van der Waals surface area contributed by atoms with Crippen LogP contribution in [0.25, 0.3) is 0 Å². The average molecular weight is 347 g/mol. The molecule has 0 aliphatic carbocycles. The molecule has 0 spiro atoms. The number of hydrazone groups is 1. The van der Waals surface area contributed by atoms with E-state index < -0.39 is 0 Å². The third-order valence-corrected chi connectivity index (χ3v) is 4.23. The number of rotatable bonds is 13. The van der Waals surface area contributed by atoms with Gasteiger partial charge in [-0.15, -0.1) is 0 Å². The highest BCUT2D eigenvalue weighted by atomic mass is 15.5. The lowest BCUT2D eigenvalue weighted by atomic mass is 10.2. The Morgan fingerprint density at radius 1 is 1.16 bits per heavy atom. The van der Waals surface area contributed by atoms with Gasteiger partial charge in [-0.1, -0.05) is 19.9 Å². The normalized spacial score (nSPS) is 11.6. The number of pyridine rings is 1. The van der Waals surface area contributed by atoms with Crippen LogP contribution in [0.15, 0.2) is 28.4 Å². The highest BCUT2D eigenvalue weighted by Gasteiger charge is 2.07. The molecule has 1 aromatic heterocycles. The van der Waals surface area contributed by atoms with Gasteiger partial charge in [0, 0.05) is 26.5 Å². The summed E-state index contributed by atoms with van der Waals surface area (Å²) >= 11 is 0. The fourth-order valence-corrected chi connectivity index (χ4v) is 2.64. The van der Waals surface area contributed by atoms with Crippen LogP contribution in [0, 0.1) is 0 Å². The molecule has 1 rings (SSSR count). The van der Waals surface area contributed by atoms with Crippen LogP contribution in [-0.4, -0.2) is 74.7 Å². The molecule has 0 saturated heterocycles. The Bertz CT molecular complexity index is 499. The van der Waals surface area contributed by atoms with Crippen LogP contribution in [0.3, 0.4) is 0 Å². The van der Waals surface area contributed by atoms with Gasteiger partial charge in [0.2, 0.25) is 0 Å². The van der Waals surface area contributed by atoms with Crippen molar-refractivity contribution in [2.45, 2.75) is 33.1 Å². The van der Waals surface area contributed by atoms with Gasteiger partial charge in [-0.25, -0.2) is 9.99 Å². The molecule has 0 atom stereocenters. The summed E-state index contributed by atoms with van der Waals surface area (Å²) in [5.41, 5.74) is 1.24. The van der Waals surface area contributed by atoms with Crippen LogP contribution in [0.4, 0.5) is 5.82 Å².